The second kappa shape index (κ2) is 6.04. The number of nitrogens with one attached hydrogen (secondary N) is 1. The maximum absolute atomic E-state index is 5.14. The monoisotopic (exact) mass is 259 g/mol. The number of anilines is 1. The first-order valence-electron chi connectivity index (χ1n) is 6.00. The van der Waals surface area contributed by atoms with Gasteiger partial charge in [-0.15, -0.1) is 0 Å². The van der Waals surface area contributed by atoms with Crippen molar-refractivity contribution in [3.63, 3.8) is 0 Å². The molecule has 2 aromatic rings. The first-order valence-corrected chi connectivity index (χ1v) is 6.00. The van der Waals surface area contributed by atoms with Gasteiger partial charge in [-0.2, -0.15) is 4.98 Å². The second-order valence-electron chi connectivity index (χ2n) is 4.06. The van der Waals surface area contributed by atoms with Crippen molar-refractivity contribution in [2.24, 2.45) is 0 Å². The molecule has 5 nitrogen and oxygen atoms in total. The summed E-state index contributed by atoms with van der Waals surface area (Å²) in [6.45, 7) is 2.05. The third-order valence-corrected chi connectivity index (χ3v) is 2.80. The van der Waals surface area contributed by atoms with E-state index in [1.807, 2.05) is 31.2 Å². The molecule has 0 saturated heterocycles. The van der Waals surface area contributed by atoms with Crippen LogP contribution in [0, 0.1) is 0 Å². The highest BCUT2D eigenvalue weighted by atomic mass is 16.5. The first-order chi connectivity index (χ1) is 9.22. The Bertz CT molecular complexity index is 528. The van der Waals surface area contributed by atoms with Gasteiger partial charge in [-0.05, 0) is 24.6 Å². The lowest BCUT2D eigenvalue weighted by molar-refractivity contribution is 0.397. The molecule has 0 spiro atoms. The van der Waals surface area contributed by atoms with Crippen molar-refractivity contribution in [1.82, 2.24) is 9.97 Å². The third-order valence-electron chi connectivity index (χ3n) is 2.80. The normalized spacial score (nSPS) is 11.7. The van der Waals surface area contributed by atoms with Gasteiger partial charge in [0.1, 0.15) is 5.75 Å². The zero-order chi connectivity index (χ0) is 13.7. The number of aromatic nitrogens is 2. The Morgan fingerprint density at radius 2 is 1.79 bits per heavy atom. The van der Waals surface area contributed by atoms with Gasteiger partial charge in [0, 0.05) is 12.3 Å². The molecule has 1 unspecified atom stereocenters. The predicted octanol–water partition coefficient (Wildman–Crippen LogP) is 2.67. The molecular formula is C14H17N3O2. The summed E-state index contributed by atoms with van der Waals surface area (Å²) >= 11 is 0. The number of methoxy groups -OCH3 is 2. The van der Waals surface area contributed by atoms with Crippen LogP contribution in [0.1, 0.15) is 18.5 Å². The Balaban J connectivity index is 2.08. The highest BCUT2D eigenvalue weighted by Crippen LogP contribution is 2.20. The van der Waals surface area contributed by atoms with E-state index in [0.29, 0.717) is 11.8 Å². The topological polar surface area (TPSA) is 56.3 Å². The molecule has 1 heterocycles. The van der Waals surface area contributed by atoms with E-state index in [9.17, 15) is 0 Å². The summed E-state index contributed by atoms with van der Waals surface area (Å²) in [5.74, 6) is 1.93. The largest absolute Gasteiger partial charge is 0.497 e. The van der Waals surface area contributed by atoms with Crippen LogP contribution in [0.25, 0.3) is 0 Å². The van der Waals surface area contributed by atoms with Crippen molar-refractivity contribution in [2.45, 2.75) is 13.0 Å². The van der Waals surface area contributed by atoms with Crippen LogP contribution < -0.4 is 14.8 Å². The minimum Gasteiger partial charge on any atom is -0.497 e. The van der Waals surface area contributed by atoms with Gasteiger partial charge in [0.05, 0.1) is 20.3 Å². The van der Waals surface area contributed by atoms with Gasteiger partial charge in [0.2, 0.25) is 11.8 Å². The van der Waals surface area contributed by atoms with E-state index in [0.717, 1.165) is 11.3 Å². The molecule has 2 rings (SSSR count). The standard InChI is InChI=1S/C14H17N3O2/c1-10(11-4-6-12(18-2)7-5-11)16-14-15-9-8-13(17-14)19-3/h4-10H,1-3H3,(H,15,16,17). The van der Waals surface area contributed by atoms with Gasteiger partial charge in [-0.1, -0.05) is 12.1 Å². The molecule has 0 bridgehead atoms. The Morgan fingerprint density at radius 1 is 1.05 bits per heavy atom. The van der Waals surface area contributed by atoms with Crippen molar-refractivity contribution in [3.8, 4) is 11.6 Å². The van der Waals surface area contributed by atoms with Crippen LogP contribution in [-0.4, -0.2) is 24.2 Å². The van der Waals surface area contributed by atoms with Crippen LogP contribution in [0.2, 0.25) is 0 Å². The number of hydrogen-bond acceptors (Lipinski definition) is 5. The van der Waals surface area contributed by atoms with Gasteiger partial charge in [-0.25, -0.2) is 4.98 Å². The fourth-order valence-corrected chi connectivity index (χ4v) is 1.69. The third kappa shape index (κ3) is 3.34. The average Bonchev–Trinajstić information content (AvgIpc) is 2.47. The van der Waals surface area contributed by atoms with Crippen LogP contribution in [0.3, 0.4) is 0 Å². The molecule has 1 aromatic carbocycles. The van der Waals surface area contributed by atoms with Crippen LogP contribution in [-0.2, 0) is 0 Å². The van der Waals surface area contributed by atoms with Crippen molar-refractivity contribution < 1.29 is 9.47 Å². The van der Waals surface area contributed by atoms with E-state index < -0.39 is 0 Å². The van der Waals surface area contributed by atoms with Crippen LogP contribution >= 0.6 is 0 Å². The minimum absolute atomic E-state index is 0.0954. The molecule has 1 N–H and O–H groups in total. The maximum Gasteiger partial charge on any atom is 0.226 e. The van der Waals surface area contributed by atoms with Crippen molar-refractivity contribution in [2.75, 3.05) is 19.5 Å². The molecule has 100 valence electrons. The number of nitrogens with zero attached hydrogens (tertiary/aromatic N) is 2. The summed E-state index contributed by atoms with van der Waals surface area (Å²) in [5.41, 5.74) is 1.13. The van der Waals surface area contributed by atoms with Crippen LogP contribution in [0.15, 0.2) is 36.5 Å². The number of rotatable bonds is 5. The smallest absolute Gasteiger partial charge is 0.226 e. The summed E-state index contributed by atoms with van der Waals surface area (Å²) < 4.78 is 10.2. The lowest BCUT2D eigenvalue weighted by atomic mass is 10.1. The lowest BCUT2D eigenvalue weighted by Crippen LogP contribution is -2.09. The van der Waals surface area contributed by atoms with E-state index >= 15 is 0 Å². The summed E-state index contributed by atoms with van der Waals surface area (Å²) in [5, 5.41) is 3.23. The lowest BCUT2D eigenvalue weighted by Gasteiger charge is -2.14. The average molecular weight is 259 g/mol. The molecule has 0 radical (unpaired) electrons. The summed E-state index contributed by atoms with van der Waals surface area (Å²) in [7, 11) is 3.24. The van der Waals surface area contributed by atoms with Gasteiger partial charge in [-0.3, -0.25) is 0 Å². The highest BCUT2D eigenvalue weighted by Gasteiger charge is 2.07. The quantitative estimate of drug-likeness (QED) is 0.894. The Kier molecular flexibility index (Phi) is 4.18. The van der Waals surface area contributed by atoms with Crippen molar-refractivity contribution >= 4 is 5.95 Å². The molecule has 0 aliphatic rings. The molecular weight excluding hydrogens is 242 g/mol. The number of benzene rings is 1. The molecule has 1 atom stereocenters. The van der Waals surface area contributed by atoms with E-state index in [-0.39, 0.29) is 6.04 Å². The van der Waals surface area contributed by atoms with E-state index in [2.05, 4.69) is 15.3 Å². The fourth-order valence-electron chi connectivity index (χ4n) is 1.69. The maximum atomic E-state index is 5.14. The molecule has 0 aliphatic carbocycles. The Morgan fingerprint density at radius 3 is 2.42 bits per heavy atom. The van der Waals surface area contributed by atoms with E-state index in [1.165, 1.54) is 0 Å². The molecule has 0 saturated carbocycles. The van der Waals surface area contributed by atoms with E-state index in [1.54, 1.807) is 26.5 Å². The zero-order valence-electron chi connectivity index (χ0n) is 11.3. The molecule has 0 fully saturated rings. The van der Waals surface area contributed by atoms with Crippen LogP contribution in [0.4, 0.5) is 5.95 Å². The zero-order valence-corrected chi connectivity index (χ0v) is 11.3. The molecule has 19 heavy (non-hydrogen) atoms. The Hall–Kier alpha value is -2.30. The summed E-state index contributed by atoms with van der Waals surface area (Å²) in [6, 6.07) is 9.69. The van der Waals surface area contributed by atoms with Gasteiger partial charge in [0.15, 0.2) is 0 Å². The molecule has 0 amide bonds. The summed E-state index contributed by atoms with van der Waals surface area (Å²) in [6.07, 6.45) is 1.66. The summed E-state index contributed by atoms with van der Waals surface area (Å²) in [4.78, 5) is 8.38. The fraction of sp³-hybridized carbons (Fsp3) is 0.286. The SMILES string of the molecule is COc1ccc(C(C)Nc2nccc(OC)n2)cc1. The Labute approximate surface area is 112 Å². The van der Waals surface area contributed by atoms with Crippen molar-refractivity contribution in [1.29, 1.82) is 0 Å². The predicted molar refractivity (Wildman–Crippen MR) is 73.6 cm³/mol. The van der Waals surface area contributed by atoms with Crippen molar-refractivity contribution in [3.05, 3.63) is 42.1 Å². The molecule has 1 aromatic heterocycles. The number of ether oxygens (including phenoxy) is 2. The first kappa shape index (κ1) is 13.1. The minimum atomic E-state index is 0.0954. The van der Waals surface area contributed by atoms with Crippen LogP contribution in [0.5, 0.6) is 11.6 Å². The van der Waals surface area contributed by atoms with Gasteiger partial charge < -0.3 is 14.8 Å². The molecule has 0 aliphatic heterocycles. The highest BCUT2D eigenvalue weighted by molar-refractivity contribution is 5.35. The van der Waals surface area contributed by atoms with Gasteiger partial charge in [0.25, 0.3) is 0 Å². The second-order valence-corrected chi connectivity index (χ2v) is 4.06. The van der Waals surface area contributed by atoms with E-state index in [4.69, 9.17) is 9.47 Å². The number of hydrogen-bond donors (Lipinski definition) is 1. The van der Waals surface area contributed by atoms with Gasteiger partial charge >= 0.3 is 0 Å². The molecule has 5 heteroatoms.